The van der Waals surface area contributed by atoms with E-state index in [4.69, 9.17) is 22.4 Å². The highest BCUT2D eigenvalue weighted by molar-refractivity contribution is 9.10. The van der Waals surface area contributed by atoms with E-state index in [1.165, 1.54) is 12.3 Å². The van der Waals surface area contributed by atoms with Crippen LogP contribution >= 0.6 is 27.5 Å². The maximum absolute atomic E-state index is 11.1. The second kappa shape index (κ2) is 5.46. The molecule has 0 bridgehead atoms. The quantitative estimate of drug-likeness (QED) is 0.794. The molecule has 5 nitrogen and oxygen atoms in total. The lowest BCUT2D eigenvalue weighted by atomic mass is 10.2. The summed E-state index contributed by atoms with van der Waals surface area (Å²) in [6, 6.07) is 6.47. The molecule has 0 aliphatic carbocycles. The molecule has 0 saturated carbocycles. The largest absolute Gasteiger partial charge is 0.478 e. The first-order chi connectivity index (χ1) is 8.97. The number of carboxylic acids is 1. The molecule has 0 spiro atoms. The summed E-state index contributed by atoms with van der Waals surface area (Å²) in [6.45, 7) is 0. The van der Waals surface area contributed by atoms with Crippen LogP contribution in [-0.4, -0.2) is 16.1 Å². The van der Waals surface area contributed by atoms with Gasteiger partial charge >= 0.3 is 5.97 Å². The Morgan fingerprint density at radius 3 is 2.79 bits per heavy atom. The Balaban J connectivity index is 2.37. The highest BCUT2D eigenvalue weighted by atomic mass is 79.9. The molecular weight excluding hydrogens is 334 g/mol. The van der Waals surface area contributed by atoms with E-state index in [9.17, 15) is 4.79 Å². The van der Waals surface area contributed by atoms with Crippen LogP contribution in [-0.2, 0) is 0 Å². The normalized spacial score (nSPS) is 10.2. The third kappa shape index (κ3) is 3.15. The van der Waals surface area contributed by atoms with Gasteiger partial charge in [-0.15, -0.1) is 0 Å². The lowest BCUT2D eigenvalue weighted by molar-refractivity contribution is 0.0698. The van der Waals surface area contributed by atoms with E-state index >= 15 is 0 Å². The van der Waals surface area contributed by atoms with Crippen molar-refractivity contribution in [1.82, 2.24) is 4.98 Å². The molecule has 7 heteroatoms. The summed E-state index contributed by atoms with van der Waals surface area (Å²) in [7, 11) is 0. The number of benzene rings is 1. The molecular formula is C12H9BrClN3O2. The van der Waals surface area contributed by atoms with E-state index in [0.29, 0.717) is 20.9 Å². The van der Waals surface area contributed by atoms with Gasteiger partial charge in [-0.2, -0.15) is 0 Å². The van der Waals surface area contributed by atoms with Gasteiger partial charge in [0.1, 0.15) is 5.82 Å². The van der Waals surface area contributed by atoms with Crippen molar-refractivity contribution in [2.24, 2.45) is 0 Å². The Hall–Kier alpha value is -1.79. The zero-order chi connectivity index (χ0) is 14.0. The summed E-state index contributed by atoms with van der Waals surface area (Å²) in [6.07, 6.45) is 1.38. The van der Waals surface area contributed by atoms with Gasteiger partial charge in [0.2, 0.25) is 0 Å². The third-order valence-corrected chi connectivity index (χ3v) is 3.57. The fraction of sp³-hybridized carbons (Fsp3) is 0. The standard InChI is InChI=1S/C12H9BrClN3O2/c13-8-3-6(1-2-9(8)14)17-10-5-16-11(15)4-7(10)12(18)19/h1-5,17H,(H2,15,16)(H,18,19). The van der Waals surface area contributed by atoms with Crippen molar-refractivity contribution in [2.45, 2.75) is 0 Å². The van der Waals surface area contributed by atoms with Crippen molar-refractivity contribution in [3.05, 3.63) is 45.5 Å². The maximum Gasteiger partial charge on any atom is 0.338 e. The molecule has 0 fully saturated rings. The van der Waals surface area contributed by atoms with Crippen molar-refractivity contribution in [3.63, 3.8) is 0 Å². The first-order valence-corrected chi connectivity index (χ1v) is 6.35. The molecule has 2 rings (SSSR count). The number of hydrogen-bond acceptors (Lipinski definition) is 4. The van der Waals surface area contributed by atoms with Crippen LogP contribution in [0.25, 0.3) is 0 Å². The molecule has 0 saturated heterocycles. The molecule has 0 radical (unpaired) electrons. The Morgan fingerprint density at radius 2 is 2.16 bits per heavy atom. The lowest BCUT2D eigenvalue weighted by Crippen LogP contribution is -2.05. The predicted molar refractivity (Wildman–Crippen MR) is 78.0 cm³/mol. The number of nitrogens with one attached hydrogen (secondary N) is 1. The van der Waals surface area contributed by atoms with Crippen LogP contribution in [0.4, 0.5) is 17.2 Å². The molecule has 1 aromatic carbocycles. The van der Waals surface area contributed by atoms with Gasteiger partial charge in [0.25, 0.3) is 0 Å². The lowest BCUT2D eigenvalue weighted by Gasteiger charge is -2.10. The molecule has 2 aromatic rings. The SMILES string of the molecule is Nc1cc(C(=O)O)c(Nc2ccc(Cl)c(Br)c2)cn1. The van der Waals surface area contributed by atoms with Gasteiger partial charge in [-0.1, -0.05) is 11.6 Å². The van der Waals surface area contributed by atoms with Gasteiger partial charge in [0, 0.05) is 10.2 Å². The topological polar surface area (TPSA) is 88.2 Å². The van der Waals surface area contributed by atoms with Gasteiger partial charge in [-0.3, -0.25) is 0 Å². The number of nitrogen functional groups attached to an aromatic ring is 1. The number of aromatic carboxylic acids is 1. The summed E-state index contributed by atoms with van der Waals surface area (Å²) < 4.78 is 0.708. The number of hydrogen-bond donors (Lipinski definition) is 3. The van der Waals surface area contributed by atoms with Crippen LogP contribution in [0.15, 0.2) is 34.9 Å². The van der Waals surface area contributed by atoms with Crippen LogP contribution < -0.4 is 11.1 Å². The van der Waals surface area contributed by atoms with Gasteiger partial charge in [0.15, 0.2) is 0 Å². The molecule has 0 amide bonds. The predicted octanol–water partition coefficient (Wildman–Crippen LogP) is 3.52. The van der Waals surface area contributed by atoms with E-state index < -0.39 is 5.97 Å². The van der Waals surface area contributed by atoms with Crippen LogP contribution in [0.5, 0.6) is 0 Å². The number of nitrogens with zero attached hydrogens (tertiary/aromatic N) is 1. The number of aromatic nitrogens is 1. The Bertz CT molecular complexity index is 649. The number of carbonyl (C=O) groups is 1. The Labute approximate surface area is 122 Å². The zero-order valence-electron chi connectivity index (χ0n) is 9.52. The summed E-state index contributed by atoms with van der Waals surface area (Å²) in [5.74, 6) is -0.926. The van der Waals surface area contributed by atoms with Gasteiger partial charge < -0.3 is 16.2 Å². The van der Waals surface area contributed by atoms with Gasteiger partial charge in [0.05, 0.1) is 22.5 Å². The first-order valence-electron chi connectivity index (χ1n) is 5.18. The molecule has 19 heavy (non-hydrogen) atoms. The van der Waals surface area contributed by atoms with Crippen LogP contribution in [0.1, 0.15) is 10.4 Å². The number of halogens is 2. The molecule has 0 aliphatic rings. The molecule has 0 unspecified atom stereocenters. The van der Waals surface area contributed by atoms with Crippen molar-refractivity contribution in [1.29, 1.82) is 0 Å². The second-order valence-electron chi connectivity index (χ2n) is 3.71. The van der Waals surface area contributed by atoms with Crippen molar-refractivity contribution >= 4 is 50.7 Å². The average Bonchev–Trinajstić information content (AvgIpc) is 2.36. The summed E-state index contributed by atoms with van der Waals surface area (Å²) >= 11 is 9.18. The van der Waals surface area contributed by atoms with Crippen molar-refractivity contribution < 1.29 is 9.90 Å². The molecule has 0 atom stereocenters. The highest BCUT2D eigenvalue weighted by Crippen LogP contribution is 2.28. The number of carboxylic acid groups (broad SMARTS) is 1. The van der Waals surface area contributed by atoms with Crippen LogP contribution in [0, 0.1) is 0 Å². The molecule has 98 valence electrons. The summed E-state index contributed by atoms with van der Waals surface area (Å²) in [4.78, 5) is 15.0. The fourth-order valence-electron chi connectivity index (χ4n) is 1.48. The van der Waals surface area contributed by atoms with Gasteiger partial charge in [-0.25, -0.2) is 9.78 Å². The summed E-state index contributed by atoms with van der Waals surface area (Å²) in [5, 5.41) is 12.6. The molecule has 1 aromatic heterocycles. The number of anilines is 3. The Kier molecular flexibility index (Phi) is 3.92. The smallest absolute Gasteiger partial charge is 0.338 e. The second-order valence-corrected chi connectivity index (χ2v) is 4.98. The Morgan fingerprint density at radius 1 is 1.42 bits per heavy atom. The van der Waals surface area contributed by atoms with E-state index in [1.807, 2.05) is 0 Å². The van der Waals surface area contributed by atoms with Crippen molar-refractivity contribution in [3.8, 4) is 0 Å². The number of nitrogens with two attached hydrogens (primary N) is 1. The monoisotopic (exact) mass is 341 g/mol. The minimum absolute atomic E-state index is 0.0542. The minimum atomic E-state index is -1.08. The van der Waals surface area contributed by atoms with E-state index in [0.717, 1.165) is 0 Å². The maximum atomic E-state index is 11.1. The molecule has 4 N–H and O–H groups in total. The first kappa shape index (κ1) is 13.6. The van der Waals surface area contributed by atoms with Crippen molar-refractivity contribution in [2.75, 3.05) is 11.1 Å². The minimum Gasteiger partial charge on any atom is -0.478 e. The van der Waals surface area contributed by atoms with E-state index in [2.05, 4.69) is 26.2 Å². The van der Waals surface area contributed by atoms with Gasteiger partial charge in [-0.05, 0) is 40.2 Å². The van der Waals surface area contributed by atoms with Crippen LogP contribution in [0.3, 0.4) is 0 Å². The van der Waals surface area contributed by atoms with E-state index in [-0.39, 0.29) is 11.4 Å². The molecule has 1 heterocycles. The summed E-state index contributed by atoms with van der Waals surface area (Å²) in [5.41, 5.74) is 6.57. The molecule has 0 aliphatic heterocycles. The number of rotatable bonds is 3. The highest BCUT2D eigenvalue weighted by Gasteiger charge is 2.12. The van der Waals surface area contributed by atoms with E-state index in [1.54, 1.807) is 18.2 Å². The fourth-order valence-corrected chi connectivity index (χ4v) is 1.97. The zero-order valence-corrected chi connectivity index (χ0v) is 11.9. The third-order valence-electron chi connectivity index (χ3n) is 2.35. The number of pyridine rings is 1. The van der Waals surface area contributed by atoms with Crippen LogP contribution in [0.2, 0.25) is 5.02 Å². The average molecular weight is 343 g/mol.